The fourth-order valence-electron chi connectivity index (χ4n) is 3.49. The highest BCUT2D eigenvalue weighted by atomic mass is 32.2. The zero-order chi connectivity index (χ0) is 23.1. The number of carbonyl (C=O) groups excluding carboxylic acids is 1. The van der Waals surface area contributed by atoms with Crippen LogP contribution in [0, 0.1) is 10.1 Å². The van der Waals surface area contributed by atoms with Crippen molar-refractivity contribution in [1.82, 2.24) is 0 Å². The fourth-order valence-corrected chi connectivity index (χ4v) is 4.54. The highest BCUT2D eigenvalue weighted by Crippen LogP contribution is 2.44. The summed E-state index contributed by atoms with van der Waals surface area (Å²) < 4.78 is 5.02. The molecule has 0 fully saturated rings. The number of phenols is 1. The normalized spacial score (nSPS) is 10.7. The molecule has 0 spiro atoms. The molecule has 32 heavy (non-hydrogen) atoms. The van der Waals surface area contributed by atoms with Crippen molar-refractivity contribution < 1.29 is 19.6 Å². The van der Waals surface area contributed by atoms with Gasteiger partial charge in [-0.25, -0.2) is 4.79 Å². The second-order valence-electron chi connectivity index (χ2n) is 7.30. The average Bonchev–Trinajstić information content (AvgIpc) is 2.81. The third-order valence-corrected chi connectivity index (χ3v) is 6.17. The lowest BCUT2D eigenvalue weighted by atomic mass is 9.94. The Morgan fingerprint density at radius 2 is 1.78 bits per heavy atom. The van der Waals surface area contributed by atoms with Gasteiger partial charge in [0.05, 0.1) is 12.0 Å². The van der Waals surface area contributed by atoms with Gasteiger partial charge in [-0.3, -0.25) is 10.1 Å². The molecule has 3 rings (SSSR count). The molecular weight excluding hydrogens is 426 g/mol. The topological polar surface area (TPSA) is 89.7 Å². The van der Waals surface area contributed by atoms with Crippen molar-refractivity contribution in [1.29, 1.82) is 0 Å². The van der Waals surface area contributed by atoms with Gasteiger partial charge in [0.2, 0.25) is 0 Å². The standard InChI is InChI=1S/C25H25NO5S/c1-3-4-6-11-18-16-21(32-20-14-12-19(13-15-20)26(29)30)22(17-9-7-5-8-10-17)23(24(18)27)25(28)31-2/h5,7-10,12-16,27H,3-4,6,11H2,1-2H3. The van der Waals surface area contributed by atoms with Crippen LogP contribution < -0.4 is 0 Å². The average molecular weight is 452 g/mol. The van der Waals surface area contributed by atoms with Gasteiger partial charge < -0.3 is 9.84 Å². The number of carbonyl (C=O) groups is 1. The van der Waals surface area contributed by atoms with Crippen LogP contribution in [0.25, 0.3) is 11.1 Å². The molecule has 166 valence electrons. The van der Waals surface area contributed by atoms with Gasteiger partial charge in [0, 0.05) is 27.5 Å². The van der Waals surface area contributed by atoms with E-state index in [1.54, 1.807) is 12.1 Å². The largest absolute Gasteiger partial charge is 0.507 e. The van der Waals surface area contributed by atoms with Gasteiger partial charge >= 0.3 is 5.97 Å². The van der Waals surface area contributed by atoms with E-state index in [-0.39, 0.29) is 17.0 Å². The van der Waals surface area contributed by atoms with Crippen LogP contribution in [0.5, 0.6) is 5.75 Å². The van der Waals surface area contributed by atoms with E-state index < -0.39 is 10.9 Å². The van der Waals surface area contributed by atoms with Crippen LogP contribution >= 0.6 is 11.8 Å². The van der Waals surface area contributed by atoms with E-state index in [9.17, 15) is 20.0 Å². The molecule has 0 aliphatic rings. The van der Waals surface area contributed by atoms with Crippen LogP contribution in [0.15, 0.2) is 70.5 Å². The Labute approximate surface area is 191 Å². The lowest BCUT2D eigenvalue weighted by Gasteiger charge is -2.18. The quantitative estimate of drug-likeness (QED) is 0.170. The number of phenolic OH excluding ortho intramolecular Hbond substituents is 1. The molecule has 1 N–H and O–H groups in total. The van der Waals surface area contributed by atoms with Gasteiger partial charge in [-0.1, -0.05) is 61.9 Å². The summed E-state index contributed by atoms with van der Waals surface area (Å²) in [6.07, 6.45) is 3.57. The van der Waals surface area contributed by atoms with Gasteiger partial charge in [0.15, 0.2) is 0 Å². The molecule has 0 heterocycles. The molecule has 0 unspecified atom stereocenters. The maximum Gasteiger partial charge on any atom is 0.342 e. The van der Waals surface area contributed by atoms with Crippen molar-refractivity contribution in [3.05, 3.63) is 81.9 Å². The van der Waals surface area contributed by atoms with Crippen LogP contribution in [0.1, 0.15) is 42.1 Å². The second-order valence-corrected chi connectivity index (χ2v) is 8.42. The molecule has 7 heteroatoms. The molecule has 0 amide bonds. The molecule has 0 radical (unpaired) electrons. The predicted molar refractivity (Wildman–Crippen MR) is 125 cm³/mol. The maximum atomic E-state index is 12.8. The molecule has 0 bridgehead atoms. The van der Waals surface area contributed by atoms with Crippen molar-refractivity contribution >= 4 is 23.4 Å². The Balaban J connectivity index is 2.18. The number of ether oxygens (including phenoxy) is 1. The van der Waals surface area contributed by atoms with Crippen LogP contribution in [0.3, 0.4) is 0 Å². The van der Waals surface area contributed by atoms with E-state index in [2.05, 4.69) is 6.92 Å². The zero-order valence-corrected chi connectivity index (χ0v) is 18.9. The molecule has 0 saturated carbocycles. The van der Waals surface area contributed by atoms with Gasteiger partial charge in [-0.15, -0.1) is 0 Å². The van der Waals surface area contributed by atoms with E-state index in [0.717, 1.165) is 34.6 Å². The molecule has 0 aliphatic heterocycles. The van der Waals surface area contributed by atoms with Crippen molar-refractivity contribution in [2.24, 2.45) is 0 Å². The summed E-state index contributed by atoms with van der Waals surface area (Å²) in [5, 5.41) is 22.0. The number of hydrogen-bond donors (Lipinski definition) is 1. The Morgan fingerprint density at radius 1 is 1.09 bits per heavy atom. The number of aromatic hydroxyl groups is 1. The number of aryl methyl sites for hydroxylation is 1. The van der Waals surface area contributed by atoms with Gasteiger partial charge in [0.25, 0.3) is 5.69 Å². The highest BCUT2D eigenvalue weighted by Gasteiger charge is 2.25. The maximum absolute atomic E-state index is 12.8. The lowest BCUT2D eigenvalue weighted by molar-refractivity contribution is -0.384. The molecular formula is C25H25NO5S. The number of nitro benzene ring substituents is 1. The fraction of sp³-hybridized carbons (Fsp3) is 0.240. The number of esters is 1. The molecule has 6 nitrogen and oxygen atoms in total. The van der Waals surface area contributed by atoms with Gasteiger partial charge in [-0.05, 0) is 42.2 Å². The van der Waals surface area contributed by atoms with Gasteiger partial charge in [0.1, 0.15) is 11.3 Å². The number of non-ortho nitro benzene ring substituents is 1. The summed E-state index contributed by atoms with van der Waals surface area (Å²) in [4.78, 5) is 24.9. The van der Waals surface area contributed by atoms with Crippen LogP contribution in [-0.2, 0) is 11.2 Å². The molecule has 0 aliphatic carbocycles. The third kappa shape index (κ3) is 5.29. The van der Waals surface area contributed by atoms with Crippen molar-refractivity contribution in [3.8, 4) is 16.9 Å². The minimum atomic E-state index is -0.607. The van der Waals surface area contributed by atoms with Crippen LogP contribution in [0.4, 0.5) is 5.69 Å². The predicted octanol–water partition coefficient (Wildman–Crippen LogP) is 6.64. The summed E-state index contributed by atoms with van der Waals surface area (Å²) in [5.41, 5.74) is 2.18. The summed E-state index contributed by atoms with van der Waals surface area (Å²) >= 11 is 1.39. The number of hydrogen-bond acceptors (Lipinski definition) is 6. The monoisotopic (exact) mass is 451 g/mol. The molecule has 0 aromatic heterocycles. The number of nitro groups is 1. The van der Waals surface area contributed by atoms with E-state index in [1.165, 1.54) is 31.0 Å². The van der Waals surface area contributed by atoms with E-state index in [4.69, 9.17) is 4.74 Å². The van der Waals surface area contributed by atoms with Gasteiger partial charge in [-0.2, -0.15) is 0 Å². The third-order valence-electron chi connectivity index (χ3n) is 5.12. The van der Waals surface area contributed by atoms with Crippen LogP contribution in [-0.4, -0.2) is 23.1 Å². The Morgan fingerprint density at radius 3 is 2.38 bits per heavy atom. The van der Waals surface area contributed by atoms with Crippen molar-refractivity contribution in [3.63, 3.8) is 0 Å². The highest BCUT2D eigenvalue weighted by molar-refractivity contribution is 7.99. The molecule has 3 aromatic rings. The first-order chi connectivity index (χ1) is 15.5. The second kappa shape index (κ2) is 10.8. The zero-order valence-electron chi connectivity index (χ0n) is 18.0. The first kappa shape index (κ1) is 23.3. The Hall–Kier alpha value is -3.32. The molecule has 3 aromatic carbocycles. The summed E-state index contributed by atoms with van der Waals surface area (Å²) in [6, 6.07) is 17.5. The number of methoxy groups -OCH3 is 1. The molecule has 0 saturated heterocycles. The number of rotatable bonds is 9. The minimum Gasteiger partial charge on any atom is -0.507 e. The Bertz CT molecular complexity index is 1100. The summed E-state index contributed by atoms with van der Waals surface area (Å²) in [5.74, 6) is -0.663. The molecule has 0 atom stereocenters. The van der Waals surface area contributed by atoms with Crippen molar-refractivity contribution in [2.45, 2.75) is 42.4 Å². The summed E-state index contributed by atoms with van der Waals surface area (Å²) in [6.45, 7) is 2.11. The number of benzene rings is 3. The SMILES string of the molecule is CCCCCc1cc(Sc2ccc([N+](=O)[O-])cc2)c(-c2ccccc2)c(C(=O)OC)c1O. The smallest absolute Gasteiger partial charge is 0.342 e. The summed E-state index contributed by atoms with van der Waals surface area (Å²) in [7, 11) is 1.30. The first-order valence-electron chi connectivity index (χ1n) is 10.4. The Kier molecular flexibility index (Phi) is 7.89. The van der Waals surface area contributed by atoms with E-state index in [1.807, 2.05) is 36.4 Å². The number of unbranched alkanes of at least 4 members (excludes halogenated alkanes) is 2. The van der Waals surface area contributed by atoms with Crippen molar-refractivity contribution in [2.75, 3.05) is 7.11 Å². The lowest BCUT2D eigenvalue weighted by Crippen LogP contribution is -2.07. The minimum absolute atomic E-state index is 0.0128. The van der Waals surface area contributed by atoms with E-state index in [0.29, 0.717) is 17.5 Å². The van der Waals surface area contributed by atoms with Crippen LogP contribution in [0.2, 0.25) is 0 Å². The number of nitrogens with zero attached hydrogens (tertiary/aromatic N) is 1. The van der Waals surface area contributed by atoms with E-state index >= 15 is 0 Å². The first-order valence-corrected chi connectivity index (χ1v) is 11.2.